The molecule has 6 nitrogen and oxygen atoms in total. The second-order valence-corrected chi connectivity index (χ2v) is 8.30. The number of carbonyl (C=O) groups is 1. The Kier molecular flexibility index (Phi) is 4.41. The van der Waals surface area contributed by atoms with Crippen LogP contribution in [0.3, 0.4) is 0 Å². The third-order valence-corrected chi connectivity index (χ3v) is 6.98. The van der Waals surface area contributed by atoms with Gasteiger partial charge in [0.05, 0.1) is 17.6 Å². The zero-order valence-electron chi connectivity index (χ0n) is 10.9. The summed E-state index contributed by atoms with van der Waals surface area (Å²) in [7, 11) is -2.69. The number of sulfonamides is 1. The highest BCUT2D eigenvalue weighted by Crippen LogP contribution is 2.35. The summed E-state index contributed by atoms with van der Waals surface area (Å²) >= 11 is 6.82. The third-order valence-electron chi connectivity index (χ3n) is 3.10. The standard InChI is InChI=1S/C11H14ClNO5S2/c1-6-3-9(19-10(6)12)20(16,17)13-5-7(14)4-8(13)11(15)18-2/h3,7-8,14H,4-5H2,1-2H3. The van der Waals surface area contributed by atoms with Crippen LogP contribution < -0.4 is 0 Å². The zero-order chi connectivity index (χ0) is 15.1. The number of aryl methyl sites for hydroxylation is 1. The fourth-order valence-corrected chi connectivity index (χ4v) is 5.54. The Bertz CT molecular complexity index is 607. The molecule has 2 rings (SSSR count). The summed E-state index contributed by atoms with van der Waals surface area (Å²) in [5.41, 5.74) is 0.657. The number of nitrogens with zero attached hydrogens (tertiary/aromatic N) is 1. The van der Waals surface area contributed by atoms with Crippen molar-refractivity contribution >= 4 is 38.9 Å². The quantitative estimate of drug-likeness (QED) is 0.831. The highest BCUT2D eigenvalue weighted by Gasteiger charge is 2.44. The average Bonchev–Trinajstić information content (AvgIpc) is 2.93. The molecule has 0 spiro atoms. The van der Waals surface area contributed by atoms with Crippen molar-refractivity contribution in [3.8, 4) is 0 Å². The lowest BCUT2D eigenvalue weighted by Gasteiger charge is -2.20. The molecular formula is C11H14ClNO5S2. The van der Waals surface area contributed by atoms with E-state index in [0.29, 0.717) is 9.90 Å². The van der Waals surface area contributed by atoms with Gasteiger partial charge in [-0.2, -0.15) is 4.31 Å². The van der Waals surface area contributed by atoms with E-state index < -0.39 is 28.1 Å². The Morgan fingerprint density at radius 2 is 2.25 bits per heavy atom. The predicted molar refractivity (Wildman–Crippen MR) is 74.4 cm³/mol. The summed E-state index contributed by atoms with van der Waals surface area (Å²) < 4.78 is 31.1. The first-order chi connectivity index (χ1) is 9.27. The van der Waals surface area contributed by atoms with E-state index in [1.54, 1.807) is 6.92 Å². The van der Waals surface area contributed by atoms with Crippen molar-refractivity contribution in [3.63, 3.8) is 0 Å². The zero-order valence-corrected chi connectivity index (χ0v) is 13.3. The number of methoxy groups -OCH3 is 1. The van der Waals surface area contributed by atoms with Gasteiger partial charge < -0.3 is 9.84 Å². The van der Waals surface area contributed by atoms with E-state index in [1.165, 1.54) is 13.2 Å². The van der Waals surface area contributed by atoms with Crippen molar-refractivity contribution in [1.82, 2.24) is 4.31 Å². The van der Waals surface area contributed by atoms with Gasteiger partial charge in [-0.1, -0.05) is 11.6 Å². The maximum Gasteiger partial charge on any atom is 0.324 e. The Hall–Kier alpha value is -0.670. The number of thiophene rings is 1. The van der Waals surface area contributed by atoms with Gasteiger partial charge in [0.2, 0.25) is 0 Å². The highest BCUT2D eigenvalue weighted by atomic mass is 35.5. The molecule has 1 saturated heterocycles. The van der Waals surface area contributed by atoms with Crippen LogP contribution in [0.2, 0.25) is 4.34 Å². The molecule has 112 valence electrons. The van der Waals surface area contributed by atoms with Crippen LogP contribution in [0.15, 0.2) is 10.3 Å². The molecule has 1 N–H and O–H groups in total. The Morgan fingerprint density at radius 1 is 1.60 bits per heavy atom. The first kappa shape index (κ1) is 15.7. The second kappa shape index (κ2) is 5.61. The van der Waals surface area contributed by atoms with Crippen LogP contribution in [0.5, 0.6) is 0 Å². The SMILES string of the molecule is COC(=O)C1CC(O)CN1S(=O)(=O)c1cc(C)c(Cl)s1. The van der Waals surface area contributed by atoms with E-state index >= 15 is 0 Å². The number of β-amino-alcohol motifs (C(OH)–C–C–N with tert-alkyl or cyclic N) is 1. The topological polar surface area (TPSA) is 83.9 Å². The van der Waals surface area contributed by atoms with Crippen LogP contribution in [-0.4, -0.2) is 49.6 Å². The van der Waals surface area contributed by atoms with Gasteiger partial charge >= 0.3 is 5.97 Å². The molecule has 20 heavy (non-hydrogen) atoms. The largest absolute Gasteiger partial charge is 0.468 e. The number of halogens is 1. The molecule has 1 aliphatic heterocycles. The first-order valence-electron chi connectivity index (χ1n) is 5.81. The average molecular weight is 340 g/mol. The number of rotatable bonds is 3. The number of carbonyl (C=O) groups excluding carboxylic acids is 1. The van der Waals surface area contributed by atoms with Crippen LogP contribution in [0.25, 0.3) is 0 Å². The predicted octanol–water partition coefficient (Wildman–Crippen LogP) is 1.01. The van der Waals surface area contributed by atoms with Gasteiger partial charge in [-0.25, -0.2) is 8.42 Å². The molecule has 0 aliphatic carbocycles. The molecule has 1 fully saturated rings. The van der Waals surface area contributed by atoms with E-state index in [-0.39, 0.29) is 17.2 Å². The Balaban J connectivity index is 2.39. The van der Waals surface area contributed by atoms with Crippen LogP contribution in [0.1, 0.15) is 12.0 Å². The summed E-state index contributed by atoms with van der Waals surface area (Å²) in [5.74, 6) is -0.676. The van der Waals surface area contributed by atoms with Gasteiger partial charge in [0.1, 0.15) is 10.3 Å². The molecular weight excluding hydrogens is 326 g/mol. The lowest BCUT2D eigenvalue weighted by molar-refractivity contribution is -0.144. The Morgan fingerprint density at radius 3 is 2.75 bits per heavy atom. The van der Waals surface area contributed by atoms with Gasteiger partial charge in [-0.15, -0.1) is 11.3 Å². The third kappa shape index (κ3) is 2.71. The van der Waals surface area contributed by atoms with Crippen molar-refractivity contribution in [2.75, 3.05) is 13.7 Å². The summed E-state index contributed by atoms with van der Waals surface area (Å²) in [6.07, 6.45) is -0.852. The van der Waals surface area contributed by atoms with Gasteiger partial charge in [-0.3, -0.25) is 4.79 Å². The van der Waals surface area contributed by atoms with Gasteiger partial charge in [0.25, 0.3) is 10.0 Å². The number of aliphatic hydroxyl groups is 1. The molecule has 1 aliphatic rings. The van der Waals surface area contributed by atoms with Crippen molar-refractivity contribution in [2.24, 2.45) is 0 Å². The molecule has 0 amide bonds. The fraction of sp³-hybridized carbons (Fsp3) is 0.545. The van der Waals surface area contributed by atoms with Crippen LogP contribution in [-0.2, 0) is 19.6 Å². The number of aliphatic hydroxyl groups excluding tert-OH is 1. The number of hydrogen-bond donors (Lipinski definition) is 1. The number of esters is 1. The van der Waals surface area contributed by atoms with Crippen molar-refractivity contribution in [1.29, 1.82) is 0 Å². The van der Waals surface area contributed by atoms with Crippen molar-refractivity contribution in [2.45, 2.75) is 29.7 Å². The molecule has 0 bridgehead atoms. The van der Waals surface area contributed by atoms with Crippen LogP contribution in [0.4, 0.5) is 0 Å². The van der Waals surface area contributed by atoms with Gasteiger partial charge in [-0.05, 0) is 18.6 Å². The van der Waals surface area contributed by atoms with Crippen LogP contribution >= 0.6 is 22.9 Å². The molecule has 2 heterocycles. The maximum absolute atomic E-state index is 12.5. The second-order valence-electron chi connectivity index (χ2n) is 4.53. The smallest absolute Gasteiger partial charge is 0.324 e. The normalized spacial score (nSPS) is 24.0. The van der Waals surface area contributed by atoms with E-state index in [0.717, 1.165) is 15.6 Å². The maximum atomic E-state index is 12.5. The molecule has 0 radical (unpaired) electrons. The number of hydrogen-bond acceptors (Lipinski definition) is 6. The van der Waals surface area contributed by atoms with E-state index in [4.69, 9.17) is 11.6 Å². The van der Waals surface area contributed by atoms with E-state index in [2.05, 4.69) is 4.74 Å². The summed E-state index contributed by atoms with van der Waals surface area (Å²) in [5, 5.41) is 9.65. The summed E-state index contributed by atoms with van der Waals surface area (Å²) in [4.78, 5) is 11.7. The molecule has 2 unspecified atom stereocenters. The molecule has 0 saturated carbocycles. The van der Waals surface area contributed by atoms with Gasteiger partial charge in [0, 0.05) is 13.0 Å². The summed E-state index contributed by atoms with van der Waals surface area (Å²) in [6.45, 7) is 1.57. The Labute approximate surface area is 126 Å². The molecule has 1 aromatic rings. The van der Waals surface area contributed by atoms with Crippen LogP contribution in [0, 0.1) is 6.92 Å². The molecule has 0 aromatic carbocycles. The van der Waals surface area contributed by atoms with Crippen molar-refractivity contribution < 1.29 is 23.1 Å². The molecule has 1 aromatic heterocycles. The van der Waals surface area contributed by atoms with Crippen molar-refractivity contribution in [3.05, 3.63) is 16.0 Å². The summed E-state index contributed by atoms with van der Waals surface area (Å²) in [6, 6.07) is 0.461. The minimum Gasteiger partial charge on any atom is -0.468 e. The molecule has 2 atom stereocenters. The van der Waals surface area contributed by atoms with Gasteiger partial charge in [0.15, 0.2) is 0 Å². The minimum atomic E-state index is -3.87. The fourth-order valence-electron chi connectivity index (χ4n) is 2.07. The molecule has 9 heteroatoms. The van der Waals surface area contributed by atoms with E-state index in [1.807, 2.05) is 0 Å². The first-order valence-corrected chi connectivity index (χ1v) is 8.44. The monoisotopic (exact) mass is 339 g/mol. The minimum absolute atomic E-state index is 0.0317. The number of ether oxygens (including phenoxy) is 1. The van der Waals surface area contributed by atoms with E-state index in [9.17, 15) is 18.3 Å². The highest BCUT2D eigenvalue weighted by molar-refractivity contribution is 7.91. The lowest BCUT2D eigenvalue weighted by Crippen LogP contribution is -2.40. The lowest BCUT2D eigenvalue weighted by atomic mass is 10.2.